The van der Waals surface area contributed by atoms with Gasteiger partial charge in [0, 0.05) is 12.6 Å². The molecule has 0 aromatic heterocycles. The van der Waals surface area contributed by atoms with Gasteiger partial charge in [-0.1, -0.05) is 32.6 Å². The van der Waals surface area contributed by atoms with Crippen LogP contribution in [-0.4, -0.2) is 25.3 Å². The zero-order chi connectivity index (χ0) is 12.8. The highest BCUT2D eigenvalue weighted by Crippen LogP contribution is 2.39. The second-order valence-electron chi connectivity index (χ2n) is 6.09. The van der Waals surface area contributed by atoms with Crippen molar-refractivity contribution in [2.45, 2.75) is 77.4 Å². The number of likely N-dealkylation sites (N-methyl/N-ethyl adjacent to an activating group) is 1. The van der Waals surface area contributed by atoms with Crippen molar-refractivity contribution in [3.05, 3.63) is 0 Å². The molecular formula is C16H31NO. The summed E-state index contributed by atoms with van der Waals surface area (Å²) in [7, 11) is 0. The molecule has 0 aromatic rings. The van der Waals surface area contributed by atoms with Crippen LogP contribution in [0.3, 0.4) is 0 Å². The maximum atomic E-state index is 6.11. The zero-order valence-corrected chi connectivity index (χ0v) is 12.3. The van der Waals surface area contributed by atoms with Crippen LogP contribution in [0.2, 0.25) is 0 Å². The van der Waals surface area contributed by atoms with Gasteiger partial charge in [0.25, 0.3) is 0 Å². The molecule has 0 bridgehead atoms. The van der Waals surface area contributed by atoms with Crippen molar-refractivity contribution in [1.82, 2.24) is 5.32 Å². The zero-order valence-electron chi connectivity index (χ0n) is 12.3. The maximum Gasteiger partial charge on any atom is 0.0758 e. The van der Waals surface area contributed by atoms with Crippen molar-refractivity contribution in [1.29, 1.82) is 0 Å². The summed E-state index contributed by atoms with van der Waals surface area (Å²) in [6.07, 6.45) is 11.8. The van der Waals surface area contributed by atoms with E-state index in [1.54, 1.807) is 0 Å². The van der Waals surface area contributed by atoms with E-state index in [-0.39, 0.29) is 0 Å². The Morgan fingerprint density at radius 1 is 0.944 bits per heavy atom. The Kier molecular flexibility index (Phi) is 5.97. The summed E-state index contributed by atoms with van der Waals surface area (Å²) >= 11 is 0. The number of rotatable bonds is 7. The Hall–Kier alpha value is -0.0800. The van der Waals surface area contributed by atoms with Gasteiger partial charge in [-0.3, -0.25) is 0 Å². The van der Waals surface area contributed by atoms with Crippen molar-refractivity contribution in [2.75, 3.05) is 13.2 Å². The van der Waals surface area contributed by atoms with Crippen LogP contribution >= 0.6 is 0 Å². The van der Waals surface area contributed by atoms with Crippen LogP contribution < -0.4 is 5.32 Å². The molecule has 2 rings (SSSR count). The van der Waals surface area contributed by atoms with Gasteiger partial charge >= 0.3 is 0 Å². The topological polar surface area (TPSA) is 21.3 Å². The van der Waals surface area contributed by atoms with E-state index >= 15 is 0 Å². The van der Waals surface area contributed by atoms with Crippen molar-refractivity contribution in [2.24, 2.45) is 11.8 Å². The summed E-state index contributed by atoms with van der Waals surface area (Å²) in [5.74, 6) is 1.70. The fraction of sp³-hybridized carbons (Fsp3) is 1.00. The molecule has 0 heterocycles. The van der Waals surface area contributed by atoms with Crippen molar-refractivity contribution < 1.29 is 4.74 Å². The molecule has 2 heteroatoms. The van der Waals surface area contributed by atoms with Crippen LogP contribution in [0.25, 0.3) is 0 Å². The average molecular weight is 253 g/mol. The van der Waals surface area contributed by atoms with Gasteiger partial charge in [-0.15, -0.1) is 0 Å². The van der Waals surface area contributed by atoms with Gasteiger partial charge in [-0.25, -0.2) is 0 Å². The molecule has 106 valence electrons. The van der Waals surface area contributed by atoms with E-state index < -0.39 is 0 Å². The molecule has 0 aromatic carbocycles. The highest BCUT2D eigenvalue weighted by atomic mass is 16.5. The third-order valence-corrected chi connectivity index (χ3v) is 4.65. The molecule has 0 amide bonds. The van der Waals surface area contributed by atoms with Gasteiger partial charge in [0.05, 0.1) is 6.10 Å². The van der Waals surface area contributed by atoms with E-state index in [0.717, 1.165) is 25.0 Å². The Morgan fingerprint density at radius 2 is 1.61 bits per heavy atom. The summed E-state index contributed by atoms with van der Waals surface area (Å²) in [4.78, 5) is 0. The molecule has 0 spiro atoms. The summed E-state index contributed by atoms with van der Waals surface area (Å²) in [5, 5.41) is 3.76. The molecule has 0 aliphatic heterocycles. The third kappa shape index (κ3) is 3.96. The fourth-order valence-electron chi connectivity index (χ4n) is 3.61. The lowest BCUT2D eigenvalue weighted by atomic mass is 9.86. The molecule has 0 saturated heterocycles. The predicted octanol–water partition coefficient (Wildman–Crippen LogP) is 3.75. The van der Waals surface area contributed by atoms with E-state index in [4.69, 9.17) is 4.74 Å². The number of nitrogens with one attached hydrogen (secondary N) is 1. The van der Waals surface area contributed by atoms with E-state index in [9.17, 15) is 0 Å². The summed E-state index contributed by atoms with van der Waals surface area (Å²) in [6.45, 7) is 6.33. The lowest BCUT2D eigenvalue weighted by Gasteiger charge is -2.34. The minimum atomic E-state index is 0.484. The predicted molar refractivity (Wildman–Crippen MR) is 76.8 cm³/mol. The maximum absolute atomic E-state index is 6.11. The molecule has 1 N–H and O–H groups in total. The minimum Gasteiger partial charge on any atom is -0.377 e. The van der Waals surface area contributed by atoms with Gasteiger partial charge in [0.1, 0.15) is 0 Å². The van der Waals surface area contributed by atoms with Crippen LogP contribution in [0.15, 0.2) is 0 Å². The largest absolute Gasteiger partial charge is 0.377 e. The van der Waals surface area contributed by atoms with E-state index in [1.165, 1.54) is 51.4 Å². The van der Waals surface area contributed by atoms with Crippen molar-refractivity contribution in [3.8, 4) is 0 Å². The number of ether oxygens (including phenoxy) is 1. The third-order valence-electron chi connectivity index (χ3n) is 4.65. The second-order valence-corrected chi connectivity index (χ2v) is 6.09. The first-order valence-electron chi connectivity index (χ1n) is 8.21. The quantitative estimate of drug-likeness (QED) is 0.698. The summed E-state index contributed by atoms with van der Waals surface area (Å²) in [5.41, 5.74) is 0. The van der Waals surface area contributed by atoms with Gasteiger partial charge in [0.15, 0.2) is 0 Å². The van der Waals surface area contributed by atoms with Gasteiger partial charge in [-0.2, -0.15) is 0 Å². The van der Waals surface area contributed by atoms with E-state index in [2.05, 4.69) is 19.2 Å². The Balaban J connectivity index is 1.98. The van der Waals surface area contributed by atoms with Gasteiger partial charge in [0.2, 0.25) is 0 Å². The Morgan fingerprint density at radius 3 is 2.11 bits per heavy atom. The standard InChI is InChI=1S/C16H31NO/c1-3-17-15(13-9-7-5-6-8-10-13)16(18-4-2)14-11-12-14/h13-17H,3-12H2,1-2H3. The molecule has 18 heavy (non-hydrogen) atoms. The SMILES string of the molecule is CCNC(C1CCCCCC1)C(OCC)C1CC1. The van der Waals surface area contributed by atoms with Crippen LogP contribution in [0.4, 0.5) is 0 Å². The average Bonchev–Trinajstić information content (AvgIpc) is 3.19. The Labute approximate surface area is 113 Å². The first kappa shape index (κ1) is 14.3. The second kappa shape index (κ2) is 7.49. The first-order chi connectivity index (χ1) is 8.86. The molecule has 2 fully saturated rings. The van der Waals surface area contributed by atoms with Crippen LogP contribution in [-0.2, 0) is 4.74 Å². The molecular weight excluding hydrogens is 222 g/mol. The molecule has 2 aliphatic rings. The number of hydrogen-bond donors (Lipinski definition) is 1. The van der Waals surface area contributed by atoms with Gasteiger partial charge in [-0.05, 0) is 51.0 Å². The summed E-state index contributed by atoms with van der Waals surface area (Å²) < 4.78 is 6.11. The molecule has 0 radical (unpaired) electrons. The van der Waals surface area contributed by atoms with Crippen molar-refractivity contribution in [3.63, 3.8) is 0 Å². The lowest BCUT2D eigenvalue weighted by molar-refractivity contribution is 0.00105. The monoisotopic (exact) mass is 253 g/mol. The smallest absolute Gasteiger partial charge is 0.0758 e. The van der Waals surface area contributed by atoms with Gasteiger partial charge < -0.3 is 10.1 Å². The highest BCUT2D eigenvalue weighted by Gasteiger charge is 2.40. The lowest BCUT2D eigenvalue weighted by Crippen LogP contribution is -2.47. The summed E-state index contributed by atoms with van der Waals surface area (Å²) in [6, 6.07) is 0.612. The molecule has 2 atom stereocenters. The van der Waals surface area contributed by atoms with Crippen LogP contribution in [0.1, 0.15) is 65.2 Å². The van der Waals surface area contributed by atoms with Crippen molar-refractivity contribution >= 4 is 0 Å². The molecule has 2 saturated carbocycles. The minimum absolute atomic E-state index is 0.484. The molecule has 2 unspecified atom stereocenters. The van der Waals surface area contributed by atoms with E-state index in [0.29, 0.717) is 12.1 Å². The molecule has 2 nitrogen and oxygen atoms in total. The first-order valence-corrected chi connectivity index (χ1v) is 8.21. The van der Waals surface area contributed by atoms with E-state index in [1.807, 2.05) is 0 Å². The van der Waals surface area contributed by atoms with Crippen LogP contribution in [0.5, 0.6) is 0 Å². The highest BCUT2D eigenvalue weighted by molar-refractivity contribution is 4.94. The van der Waals surface area contributed by atoms with Crippen LogP contribution in [0, 0.1) is 11.8 Å². The molecule has 2 aliphatic carbocycles. The number of hydrogen-bond acceptors (Lipinski definition) is 2. The Bertz CT molecular complexity index is 219. The fourth-order valence-corrected chi connectivity index (χ4v) is 3.61. The normalized spacial score (nSPS) is 25.7.